The zero-order chi connectivity index (χ0) is 19.6. The van der Waals surface area contributed by atoms with E-state index in [0.29, 0.717) is 12.1 Å². The summed E-state index contributed by atoms with van der Waals surface area (Å²) in [6, 6.07) is 4.20. The lowest BCUT2D eigenvalue weighted by molar-refractivity contribution is -0.385. The lowest BCUT2D eigenvalue weighted by Crippen LogP contribution is -2.06. The summed E-state index contributed by atoms with van der Waals surface area (Å²) in [4.78, 5) is 21.2. The van der Waals surface area contributed by atoms with E-state index in [-0.39, 0.29) is 20.6 Å². The number of ether oxygens (including phenoxy) is 2. The van der Waals surface area contributed by atoms with Crippen LogP contribution in [0.4, 0.5) is 18.9 Å². The molecule has 0 unspecified atom stereocenters. The molecule has 0 spiro atoms. The van der Waals surface area contributed by atoms with Crippen molar-refractivity contribution in [3.63, 3.8) is 0 Å². The van der Waals surface area contributed by atoms with Crippen LogP contribution in [-0.2, 0) is 6.18 Å². The Morgan fingerprint density at radius 1 is 1.23 bits per heavy atom. The summed E-state index contributed by atoms with van der Waals surface area (Å²) in [5.74, 6) is -1.76. The van der Waals surface area contributed by atoms with Crippen LogP contribution in [0.15, 0.2) is 30.3 Å². The number of alkyl halides is 3. The number of hydrogen-bond donors (Lipinski definition) is 1. The molecule has 0 heterocycles. The van der Waals surface area contributed by atoms with Crippen LogP contribution in [0.2, 0.25) is 0 Å². The predicted octanol–water partition coefficient (Wildman–Crippen LogP) is 4.72. The van der Waals surface area contributed by atoms with Gasteiger partial charge in [0.1, 0.15) is 0 Å². The summed E-state index contributed by atoms with van der Waals surface area (Å²) in [6.07, 6.45) is -4.75. The molecule has 2 rings (SSSR count). The van der Waals surface area contributed by atoms with Gasteiger partial charge in [-0.25, -0.2) is 4.79 Å². The molecule has 0 saturated carbocycles. The number of carboxylic acid groups (broad SMARTS) is 1. The first-order valence-electron chi connectivity index (χ1n) is 6.69. The number of methoxy groups -OCH3 is 1. The molecule has 0 aliphatic rings. The lowest BCUT2D eigenvalue weighted by Gasteiger charge is -2.14. The molecule has 26 heavy (non-hydrogen) atoms. The molecular weight excluding hydrogens is 474 g/mol. The highest BCUT2D eigenvalue weighted by Crippen LogP contribution is 2.42. The van der Waals surface area contributed by atoms with Gasteiger partial charge in [0.05, 0.1) is 26.7 Å². The molecule has 2 aromatic rings. The third kappa shape index (κ3) is 4.15. The first-order chi connectivity index (χ1) is 12.0. The van der Waals surface area contributed by atoms with Crippen molar-refractivity contribution in [2.24, 2.45) is 0 Å². The van der Waals surface area contributed by atoms with Crippen LogP contribution in [0.3, 0.4) is 0 Å². The molecule has 0 bridgehead atoms. The second kappa shape index (κ2) is 7.35. The van der Waals surface area contributed by atoms with Gasteiger partial charge in [-0.05, 0) is 46.9 Å². The summed E-state index contributed by atoms with van der Waals surface area (Å²) in [5, 5.41) is 20.2. The summed E-state index contributed by atoms with van der Waals surface area (Å²) < 4.78 is 48.9. The van der Waals surface area contributed by atoms with Crippen molar-refractivity contribution in [1.82, 2.24) is 0 Å². The van der Waals surface area contributed by atoms with Gasteiger partial charge >= 0.3 is 17.8 Å². The number of rotatable bonds is 5. The van der Waals surface area contributed by atoms with Gasteiger partial charge in [-0.15, -0.1) is 0 Å². The normalized spacial score (nSPS) is 11.1. The fourth-order valence-electron chi connectivity index (χ4n) is 1.98. The highest BCUT2D eigenvalue weighted by molar-refractivity contribution is 14.1. The van der Waals surface area contributed by atoms with E-state index >= 15 is 0 Å². The number of carboxylic acids is 1. The minimum atomic E-state index is -4.75. The Hall–Kier alpha value is -2.57. The summed E-state index contributed by atoms with van der Waals surface area (Å²) >= 11 is 1.73. The summed E-state index contributed by atoms with van der Waals surface area (Å²) in [7, 11) is 1.23. The first kappa shape index (κ1) is 19.8. The summed E-state index contributed by atoms with van der Waals surface area (Å²) in [5.41, 5.74) is -2.19. The average molecular weight is 483 g/mol. The zero-order valence-electron chi connectivity index (χ0n) is 12.8. The molecule has 1 N–H and O–H groups in total. The number of hydrogen-bond acceptors (Lipinski definition) is 5. The Balaban J connectivity index is 2.55. The third-order valence-corrected chi connectivity index (χ3v) is 3.97. The maximum atomic E-state index is 12.8. The van der Waals surface area contributed by atoms with Crippen LogP contribution >= 0.6 is 22.6 Å². The van der Waals surface area contributed by atoms with Crippen molar-refractivity contribution >= 4 is 34.2 Å². The molecule has 0 aliphatic heterocycles. The Labute approximate surface area is 157 Å². The van der Waals surface area contributed by atoms with Crippen LogP contribution < -0.4 is 9.47 Å². The van der Waals surface area contributed by atoms with E-state index in [2.05, 4.69) is 0 Å². The Morgan fingerprint density at radius 2 is 1.88 bits per heavy atom. The van der Waals surface area contributed by atoms with E-state index in [4.69, 9.17) is 14.6 Å². The molecule has 0 aromatic heterocycles. The lowest BCUT2D eigenvalue weighted by atomic mass is 10.1. The topological polar surface area (TPSA) is 98.9 Å². The number of aromatic carboxylic acids is 1. The van der Waals surface area contributed by atoms with Gasteiger partial charge in [-0.3, -0.25) is 10.1 Å². The van der Waals surface area contributed by atoms with Gasteiger partial charge in [0.15, 0.2) is 11.5 Å². The average Bonchev–Trinajstić information content (AvgIpc) is 2.55. The molecule has 0 saturated heterocycles. The molecule has 0 atom stereocenters. The standard InChI is InChI=1S/C15H9F3INO6/c1-25-12-5-7(14(21)22)4-9(19)13(12)26-11-3-2-8(15(16,17)18)6-10(11)20(23)24/h2-6H,1H3,(H,21,22). The Bertz CT molecular complexity index is 884. The monoisotopic (exact) mass is 483 g/mol. The van der Waals surface area contributed by atoms with Gasteiger partial charge in [0, 0.05) is 6.07 Å². The number of benzene rings is 2. The fraction of sp³-hybridized carbons (Fsp3) is 0.133. The van der Waals surface area contributed by atoms with Gasteiger partial charge < -0.3 is 14.6 Å². The maximum absolute atomic E-state index is 12.8. The smallest absolute Gasteiger partial charge is 0.416 e. The largest absolute Gasteiger partial charge is 0.493 e. The highest BCUT2D eigenvalue weighted by atomic mass is 127. The van der Waals surface area contributed by atoms with E-state index in [1.54, 1.807) is 22.6 Å². The van der Waals surface area contributed by atoms with E-state index in [1.807, 2.05) is 0 Å². The van der Waals surface area contributed by atoms with Crippen LogP contribution in [-0.4, -0.2) is 23.1 Å². The predicted molar refractivity (Wildman–Crippen MR) is 90.8 cm³/mol. The molecule has 0 amide bonds. The number of carbonyl (C=O) groups is 1. The van der Waals surface area contributed by atoms with Gasteiger partial charge in [0.2, 0.25) is 5.75 Å². The molecular formula is C15H9F3INO6. The van der Waals surface area contributed by atoms with Gasteiger partial charge in [-0.2, -0.15) is 13.2 Å². The van der Waals surface area contributed by atoms with Crippen molar-refractivity contribution < 1.29 is 37.5 Å². The summed E-state index contributed by atoms with van der Waals surface area (Å²) in [6.45, 7) is 0. The Kier molecular flexibility index (Phi) is 5.59. The minimum Gasteiger partial charge on any atom is -0.493 e. The van der Waals surface area contributed by atoms with Crippen LogP contribution in [0.1, 0.15) is 15.9 Å². The second-order valence-corrected chi connectivity index (χ2v) is 6.00. The van der Waals surface area contributed by atoms with E-state index in [1.165, 1.54) is 13.2 Å². The van der Waals surface area contributed by atoms with E-state index in [0.717, 1.165) is 12.1 Å². The highest BCUT2D eigenvalue weighted by Gasteiger charge is 2.33. The number of nitro benzene ring substituents is 1. The van der Waals surface area contributed by atoms with Gasteiger partial charge in [0.25, 0.3) is 0 Å². The molecule has 138 valence electrons. The Morgan fingerprint density at radius 3 is 2.38 bits per heavy atom. The van der Waals surface area contributed by atoms with Crippen molar-refractivity contribution in [1.29, 1.82) is 0 Å². The molecule has 0 radical (unpaired) electrons. The quantitative estimate of drug-likeness (QED) is 0.376. The third-order valence-electron chi connectivity index (χ3n) is 3.17. The SMILES string of the molecule is COc1cc(C(=O)O)cc(I)c1Oc1ccc(C(F)(F)F)cc1[N+](=O)[O-]. The number of nitrogens with zero attached hydrogens (tertiary/aromatic N) is 1. The van der Waals surface area contributed by atoms with E-state index in [9.17, 15) is 28.1 Å². The van der Waals surface area contributed by atoms with Crippen molar-refractivity contribution in [2.45, 2.75) is 6.18 Å². The van der Waals surface area contributed by atoms with Crippen molar-refractivity contribution in [2.75, 3.05) is 7.11 Å². The molecule has 0 aliphatic carbocycles. The van der Waals surface area contributed by atoms with Crippen molar-refractivity contribution in [3.8, 4) is 17.2 Å². The first-order valence-corrected chi connectivity index (χ1v) is 7.76. The molecule has 0 fully saturated rings. The minimum absolute atomic E-state index is 0.0384. The van der Waals surface area contributed by atoms with Crippen molar-refractivity contribution in [3.05, 3.63) is 55.1 Å². The molecule has 2 aromatic carbocycles. The number of halogens is 4. The molecule has 7 nitrogen and oxygen atoms in total. The van der Waals surface area contributed by atoms with Crippen LogP contribution in [0.5, 0.6) is 17.2 Å². The maximum Gasteiger partial charge on any atom is 0.416 e. The van der Waals surface area contributed by atoms with E-state index < -0.39 is 34.1 Å². The van der Waals surface area contributed by atoms with Crippen LogP contribution in [0, 0.1) is 13.7 Å². The number of nitro groups is 1. The molecule has 11 heteroatoms. The van der Waals surface area contributed by atoms with Gasteiger partial charge in [-0.1, -0.05) is 0 Å². The fourth-order valence-corrected chi connectivity index (χ4v) is 2.69. The second-order valence-electron chi connectivity index (χ2n) is 4.83. The zero-order valence-corrected chi connectivity index (χ0v) is 15.0. The van der Waals surface area contributed by atoms with Crippen LogP contribution in [0.25, 0.3) is 0 Å².